The lowest BCUT2D eigenvalue weighted by Crippen LogP contribution is -2.33. The second-order valence-corrected chi connectivity index (χ2v) is 5.13. The summed E-state index contributed by atoms with van der Waals surface area (Å²) in [6.07, 6.45) is 2.10. The molecule has 1 aromatic heterocycles. The van der Waals surface area contributed by atoms with E-state index in [-0.39, 0.29) is 0 Å². The zero-order valence-corrected chi connectivity index (χ0v) is 10.2. The van der Waals surface area contributed by atoms with E-state index in [2.05, 4.69) is 22.4 Å². The van der Waals surface area contributed by atoms with Crippen molar-refractivity contribution >= 4 is 0 Å². The first-order chi connectivity index (χ1) is 8.34. The highest BCUT2D eigenvalue weighted by molar-refractivity contribution is 5.03. The third-order valence-corrected chi connectivity index (χ3v) is 3.85. The monoisotopic (exact) mass is 237 g/mol. The molecule has 5 heteroatoms. The fraction of sp³-hybridized carbons (Fsp3) is 0.833. The Bertz CT molecular complexity index is 374. The molecule has 2 aliphatic heterocycles. The molecule has 1 aromatic rings. The second kappa shape index (κ2) is 4.74. The fourth-order valence-corrected chi connectivity index (χ4v) is 2.68. The molecule has 0 spiro atoms. The van der Waals surface area contributed by atoms with Gasteiger partial charge in [-0.2, -0.15) is 4.98 Å². The van der Waals surface area contributed by atoms with Gasteiger partial charge in [-0.15, -0.1) is 0 Å². The lowest BCUT2D eigenvalue weighted by molar-refractivity contribution is 0.192. The predicted octanol–water partition coefficient (Wildman–Crippen LogP) is 1.29. The van der Waals surface area contributed by atoms with Crippen molar-refractivity contribution in [3.63, 3.8) is 0 Å². The zero-order valence-electron chi connectivity index (χ0n) is 10.2. The summed E-state index contributed by atoms with van der Waals surface area (Å²) in [5.74, 6) is 2.98. The zero-order chi connectivity index (χ0) is 11.7. The van der Waals surface area contributed by atoms with Gasteiger partial charge < -0.3 is 14.6 Å². The van der Waals surface area contributed by atoms with Crippen molar-refractivity contribution in [1.29, 1.82) is 0 Å². The first-order valence-corrected chi connectivity index (χ1v) is 6.46. The van der Waals surface area contributed by atoms with Gasteiger partial charge in [0.15, 0.2) is 5.82 Å². The Morgan fingerprint density at radius 3 is 3.06 bits per heavy atom. The Hall–Kier alpha value is -0.940. The third-order valence-electron chi connectivity index (χ3n) is 3.85. The Labute approximate surface area is 101 Å². The van der Waals surface area contributed by atoms with Crippen LogP contribution in [0.15, 0.2) is 4.52 Å². The molecule has 5 nitrogen and oxygen atoms in total. The van der Waals surface area contributed by atoms with E-state index in [9.17, 15) is 0 Å². The quantitative estimate of drug-likeness (QED) is 0.839. The van der Waals surface area contributed by atoms with Crippen LogP contribution in [0.3, 0.4) is 0 Å². The minimum atomic E-state index is 0.338. The van der Waals surface area contributed by atoms with Gasteiger partial charge in [0.1, 0.15) is 0 Å². The minimum absolute atomic E-state index is 0.338. The normalized spacial score (nSPS) is 34.1. The minimum Gasteiger partial charge on any atom is -0.381 e. The summed E-state index contributed by atoms with van der Waals surface area (Å²) >= 11 is 0. The molecular weight excluding hydrogens is 218 g/mol. The van der Waals surface area contributed by atoms with Gasteiger partial charge >= 0.3 is 0 Å². The average Bonchev–Trinajstić information content (AvgIpc) is 3.00. The number of nitrogens with zero attached hydrogens (tertiary/aromatic N) is 2. The van der Waals surface area contributed by atoms with E-state index in [4.69, 9.17) is 9.26 Å². The summed E-state index contributed by atoms with van der Waals surface area (Å²) in [4.78, 5) is 4.58. The van der Waals surface area contributed by atoms with Crippen molar-refractivity contribution in [2.75, 3.05) is 26.3 Å². The number of hydrogen-bond acceptors (Lipinski definition) is 5. The molecular formula is C12H19N3O2. The van der Waals surface area contributed by atoms with Crippen LogP contribution < -0.4 is 5.32 Å². The molecule has 94 valence electrons. The van der Waals surface area contributed by atoms with Crippen LogP contribution in [0.1, 0.15) is 43.3 Å². The summed E-state index contributed by atoms with van der Waals surface area (Å²) in [5, 5.41) is 7.51. The lowest BCUT2D eigenvalue weighted by Gasteiger charge is -2.26. The SMILES string of the molecule is CC1CNCCC1c1nc(C2CCOC2)no1. The van der Waals surface area contributed by atoms with Crippen molar-refractivity contribution in [2.24, 2.45) is 5.92 Å². The highest BCUT2D eigenvalue weighted by atomic mass is 16.5. The second-order valence-electron chi connectivity index (χ2n) is 5.13. The van der Waals surface area contributed by atoms with Gasteiger partial charge in [-0.3, -0.25) is 0 Å². The molecule has 3 heterocycles. The van der Waals surface area contributed by atoms with E-state index in [1.165, 1.54) is 0 Å². The van der Waals surface area contributed by atoms with Crippen molar-refractivity contribution in [2.45, 2.75) is 31.6 Å². The van der Waals surface area contributed by atoms with Gasteiger partial charge in [0.25, 0.3) is 0 Å². The van der Waals surface area contributed by atoms with Crippen LogP contribution in [0.5, 0.6) is 0 Å². The average molecular weight is 237 g/mol. The van der Waals surface area contributed by atoms with Gasteiger partial charge in [-0.1, -0.05) is 12.1 Å². The van der Waals surface area contributed by atoms with E-state index >= 15 is 0 Å². The van der Waals surface area contributed by atoms with E-state index in [1.54, 1.807) is 0 Å². The number of nitrogens with one attached hydrogen (secondary N) is 1. The molecule has 2 aliphatic rings. The van der Waals surface area contributed by atoms with Crippen LogP contribution in [-0.4, -0.2) is 36.4 Å². The molecule has 0 aromatic carbocycles. The van der Waals surface area contributed by atoms with Gasteiger partial charge in [-0.25, -0.2) is 0 Å². The van der Waals surface area contributed by atoms with Crippen molar-refractivity contribution in [1.82, 2.24) is 15.5 Å². The largest absolute Gasteiger partial charge is 0.381 e. The number of ether oxygens (including phenoxy) is 1. The Morgan fingerprint density at radius 1 is 1.35 bits per heavy atom. The molecule has 0 saturated carbocycles. The molecule has 0 radical (unpaired) electrons. The summed E-state index contributed by atoms with van der Waals surface area (Å²) in [6, 6.07) is 0. The molecule has 3 rings (SSSR count). The summed E-state index contributed by atoms with van der Waals surface area (Å²) in [5.41, 5.74) is 0. The van der Waals surface area contributed by atoms with E-state index in [0.29, 0.717) is 17.8 Å². The van der Waals surface area contributed by atoms with Crippen LogP contribution in [0.4, 0.5) is 0 Å². The Balaban J connectivity index is 1.74. The third kappa shape index (κ3) is 2.21. The molecule has 3 atom stereocenters. The van der Waals surface area contributed by atoms with Crippen LogP contribution in [0, 0.1) is 5.92 Å². The van der Waals surface area contributed by atoms with Gasteiger partial charge in [-0.05, 0) is 31.8 Å². The highest BCUT2D eigenvalue weighted by Crippen LogP contribution is 2.30. The molecule has 2 saturated heterocycles. The van der Waals surface area contributed by atoms with E-state index < -0.39 is 0 Å². The van der Waals surface area contributed by atoms with Crippen LogP contribution >= 0.6 is 0 Å². The first kappa shape index (κ1) is 11.2. The summed E-state index contributed by atoms with van der Waals surface area (Å²) < 4.78 is 10.8. The van der Waals surface area contributed by atoms with Gasteiger partial charge in [0.2, 0.25) is 5.89 Å². The molecule has 0 aliphatic carbocycles. The smallest absolute Gasteiger partial charge is 0.230 e. The van der Waals surface area contributed by atoms with Gasteiger partial charge in [0, 0.05) is 18.4 Å². The number of aromatic nitrogens is 2. The predicted molar refractivity (Wildman–Crippen MR) is 61.9 cm³/mol. The Kier molecular flexibility index (Phi) is 3.11. The van der Waals surface area contributed by atoms with Crippen molar-refractivity contribution in [3.05, 3.63) is 11.7 Å². The maximum atomic E-state index is 5.44. The van der Waals surface area contributed by atoms with E-state index in [0.717, 1.165) is 50.9 Å². The standard InChI is InChI=1S/C12H19N3O2/c1-8-6-13-4-2-10(8)12-14-11(15-17-12)9-3-5-16-7-9/h8-10,13H,2-7H2,1H3. The Morgan fingerprint density at radius 2 is 2.29 bits per heavy atom. The molecule has 0 bridgehead atoms. The number of piperidine rings is 1. The van der Waals surface area contributed by atoms with Gasteiger partial charge in [0.05, 0.1) is 6.61 Å². The fourth-order valence-electron chi connectivity index (χ4n) is 2.68. The van der Waals surface area contributed by atoms with Crippen LogP contribution in [0.2, 0.25) is 0 Å². The van der Waals surface area contributed by atoms with Crippen molar-refractivity contribution < 1.29 is 9.26 Å². The maximum Gasteiger partial charge on any atom is 0.230 e. The van der Waals surface area contributed by atoms with Crippen LogP contribution in [0.25, 0.3) is 0 Å². The summed E-state index contributed by atoms with van der Waals surface area (Å²) in [7, 11) is 0. The van der Waals surface area contributed by atoms with E-state index in [1.807, 2.05) is 0 Å². The summed E-state index contributed by atoms with van der Waals surface area (Å²) in [6.45, 7) is 5.87. The highest BCUT2D eigenvalue weighted by Gasteiger charge is 2.30. The maximum absolute atomic E-state index is 5.44. The molecule has 1 N–H and O–H groups in total. The van der Waals surface area contributed by atoms with Crippen molar-refractivity contribution in [3.8, 4) is 0 Å². The molecule has 17 heavy (non-hydrogen) atoms. The molecule has 2 fully saturated rings. The van der Waals surface area contributed by atoms with Crippen LogP contribution in [-0.2, 0) is 4.74 Å². The molecule has 0 amide bonds. The molecule has 3 unspecified atom stereocenters. The topological polar surface area (TPSA) is 60.2 Å². The lowest BCUT2D eigenvalue weighted by atomic mass is 9.88. The number of rotatable bonds is 2. The number of hydrogen-bond donors (Lipinski definition) is 1. The first-order valence-electron chi connectivity index (χ1n) is 6.46.